The first-order valence-electron chi connectivity index (χ1n) is 6.48. The molecular formula is C14H16ClN3O. The van der Waals surface area contributed by atoms with E-state index in [1.54, 1.807) is 0 Å². The Morgan fingerprint density at radius 3 is 2.74 bits per heavy atom. The maximum absolute atomic E-state index is 6.31. The van der Waals surface area contributed by atoms with Crippen LogP contribution in [-0.4, -0.2) is 10.1 Å². The van der Waals surface area contributed by atoms with Crippen molar-refractivity contribution < 1.29 is 4.52 Å². The average Bonchev–Trinajstić information content (AvgIpc) is 3.02. The van der Waals surface area contributed by atoms with E-state index in [4.69, 9.17) is 21.9 Å². The lowest BCUT2D eigenvalue weighted by atomic mass is 9.99. The highest BCUT2D eigenvalue weighted by Crippen LogP contribution is 2.35. The molecule has 0 atom stereocenters. The Hall–Kier alpha value is -1.39. The molecule has 3 rings (SSSR count). The van der Waals surface area contributed by atoms with E-state index in [1.165, 1.54) is 0 Å². The smallest absolute Gasteiger partial charge is 0.258 e. The largest absolute Gasteiger partial charge is 0.334 e. The fourth-order valence-corrected chi connectivity index (χ4v) is 2.68. The second kappa shape index (κ2) is 4.62. The second-order valence-corrected chi connectivity index (χ2v) is 5.66. The molecule has 1 aliphatic carbocycles. The summed E-state index contributed by atoms with van der Waals surface area (Å²) >= 11 is 6.11. The SMILES string of the molecule is Cc1ccc(-c2nc(C3(N)CCCC3)no2)cc1Cl. The Morgan fingerprint density at radius 1 is 1.32 bits per heavy atom. The van der Waals surface area contributed by atoms with Crippen molar-refractivity contribution in [3.63, 3.8) is 0 Å². The molecule has 0 amide bonds. The molecule has 1 heterocycles. The number of nitrogens with zero attached hydrogens (tertiary/aromatic N) is 2. The van der Waals surface area contributed by atoms with Gasteiger partial charge in [-0.05, 0) is 37.5 Å². The van der Waals surface area contributed by atoms with Crippen molar-refractivity contribution >= 4 is 11.6 Å². The zero-order valence-electron chi connectivity index (χ0n) is 10.8. The average molecular weight is 278 g/mol. The number of halogens is 1. The third kappa shape index (κ3) is 2.26. The molecule has 0 bridgehead atoms. The van der Waals surface area contributed by atoms with Gasteiger partial charge in [-0.1, -0.05) is 35.7 Å². The summed E-state index contributed by atoms with van der Waals surface area (Å²) in [5.74, 6) is 1.09. The molecule has 0 aliphatic heterocycles. The van der Waals surface area contributed by atoms with E-state index >= 15 is 0 Å². The van der Waals surface area contributed by atoms with E-state index < -0.39 is 5.54 Å². The molecule has 0 saturated heterocycles. The Labute approximate surface area is 117 Å². The highest BCUT2D eigenvalue weighted by molar-refractivity contribution is 6.31. The molecule has 4 nitrogen and oxygen atoms in total. The summed E-state index contributed by atoms with van der Waals surface area (Å²) in [7, 11) is 0. The van der Waals surface area contributed by atoms with Crippen LogP contribution in [0, 0.1) is 6.92 Å². The fraction of sp³-hybridized carbons (Fsp3) is 0.429. The molecule has 1 aromatic carbocycles. The van der Waals surface area contributed by atoms with Gasteiger partial charge in [0.15, 0.2) is 5.82 Å². The van der Waals surface area contributed by atoms with E-state index in [0.29, 0.717) is 16.7 Å². The van der Waals surface area contributed by atoms with Crippen molar-refractivity contribution in [1.29, 1.82) is 0 Å². The Kier molecular flexibility index (Phi) is 3.07. The maximum Gasteiger partial charge on any atom is 0.258 e. The quantitative estimate of drug-likeness (QED) is 0.913. The number of aryl methyl sites for hydroxylation is 1. The van der Waals surface area contributed by atoms with Crippen molar-refractivity contribution in [2.24, 2.45) is 5.73 Å². The van der Waals surface area contributed by atoms with Gasteiger partial charge < -0.3 is 10.3 Å². The lowest BCUT2D eigenvalue weighted by molar-refractivity contribution is 0.372. The van der Waals surface area contributed by atoms with Crippen molar-refractivity contribution in [2.75, 3.05) is 0 Å². The van der Waals surface area contributed by atoms with Gasteiger partial charge in [-0.25, -0.2) is 0 Å². The van der Waals surface area contributed by atoms with Gasteiger partial charge in [-0.15, -0.1) is 0 Å². The summed E-state index contributed by atoms with van der Waals surface area (Å²) in [5, 5.41) is 4.74. The summed E-state index contributed by atoms with van der Waals surface area (Å²) in [5.41, 5.74) is 7.75. The van der Waals surface area contributed by atoms with Crippen LogP contribution in [0.15, 0.2) is 22.7 Å². The third-order valence-electron chi connectivity index (χ3n) is 3.79. The fourth-order valence-electron chi connectivity index (χ4n) is 2.50. The lowest BCUT2D eigenvalue weighted by Crippen LogP contribution is -2.34. The van der Waals surface area contributed by atoms with Crippen molar-refractivity contribution in [3.05, 3.63) is 34.6 Å². The van der Waals surface area contributed by atoms with E-state index in [2.05, 4.69) is 10.1 Å². The zero-order chi connectivity index (χ0) is 13.5. The molecule has 0 unspecified atom stereocenters. The van der Waals surface area contributed by atoms with Gasteiger partial charge in [0, 0.05) is 10.6 Å². The van der Waals surface area contributed by atoms with E-state index in [-0.39, 0.29) is 0 Å². The molecule has 1 aliphatic rings. The van der Waals surface area contributed by atoms with Crippen LogP contribution in [0.4, 0.5) is 0 Å². The highest BCUT2D eigenvalue weighted by Gasteiger charge is 2.36. The standard InChI is InChI=1S/C14H16ClN3O/c1-9-4-5-10(8-11(9)15)12-17-13(18-19-12)14(16)6-2-3-7-14/h4-5,8H,2-3,6-7,16H2,1H3. The Bertz CT molecular complexity index is 602. The summed E-state index contributed by atoms with van der Waals surface area (Å²) in [4.78, 5) is 4.44. The van der Waals surface area contributed by atoms with Crippen LogP contribution < -0.4 is 5.73 Å². The van der Waals surface area contributed by atoms with Crippen molar-refractivity contribution in [2.45, 2.75) is 38.1 Å². The third-order valence-corrected chi connectivity index (χ3v) is 4.19. The van der Waals surface area contributed by atoms with Crippen LogP contribution in [0.2, 0.25) is 5.02 Å². The number of nitrogens with two attached hydrogens (primary N) is 1. The first-order valence-corrected chi connectivity index (χ1v) is 6.86. The minimum absolute atomic E-state index is 0.420. The summed E-state index contributed by atoms with van der Waals surface area (Å²) < 4.78 is 5.32. The molecule has 2 N–H and O–H groups in total. The molecule has 1 aromatic heterocycles. The zero-order valence-corrected chi connectivity index (χ0v) is 11.6. The highest BCUT2D eigenvalue weighted by atomic mass is 35.5. The normalized spacial score (nSPS) is 17.8. The van der Waals surface area contributed by atoms with Crippen LogP contribution in [0.5, 0.6) is 0 Å². The van der Waals surface area contributed by atoms with Crippen LogP contribution >= 0.6 is 11.6 Å². The van der Waals surface area contributed by atoms with Gasteiger partial charge in [-0.2, -0.15) is 4.98 Å². The van der Waals surface area contributed by atoms with Crippen molar-refractivity contribution in [1.82, 2.24) is 10.1 Å². The van der Waals surface area contributed by atoms with Gasteiger partial charge >= 0.3 is 0 Å². The molecule has 100 valence electrons. The molecule has 2 aromatic rings. The predicted octanol–water partition coefficient (Wildman–Crippen LogP) is 3.43. The van der Waals surface area contributed by atoms with Gasteiger partial charge in [0.05, 0.1) is 5.54 Å². The van der Waals surface area contributed by atoms with E-state index in [9.17, 15) is 0 Å². The Morgan fingerprint density at radius 2 is 2.05 bits per heavy atom. The number of rotatable bonds is 2. The lowest BCUT2D eigenvalue weighted by Gasteiger charge is -2.17. The molecule has 0 spiro atoms. The monoisotopic (exact) mass is 277 g/mol. The predicted molar refractivity (Wildman–Crippen MR) is 73.8 cm³/mol. The maximum atomic E-state index is 6.31. The number of hydrogen-bond donors (Lipinski definition) is 1. The molecular weight excluding hydrogens is 262 g/mol. The first-order chi connectivity index (χ1) is 9.08. The van der Waals surface area contributed by atoms with Crippen molar-refractivity contribution in [3.8, 4) is 11.5 Å². The minimum atomic E-state index is -0.420. The van der Waals surface area contributed by atoms with Gasteiger partial charge in [0.1, 0.15) is 0 Å². The van der Waals surface area contributed by atoms with E-state index in [0.717, 1.165) is 36.8 Å². The van der Waals surface area contributed by atoms with Crippen LogP contribution in [0.1, 0.15) is 37.1 Å². The molecule has 0 radical (unpaired) electrons. The summed E-state index contributed by atoms with van der Waals surface area (Å²) in [6.45, 7) is 1.96. The van der Waals surface area contributed by atoms with Crippen LogP contribution in [0.3, 0.4) is 0 Å². The second-order valence-electron chi connectivity index (χ2n) is 5.25. The number of hydrogen-bond acceptors (Lipinski definition) is 4. The number of aromatic nitrogens is 2. The Balaban J connectivity index is 1.94. The summed E-state index contributed by atoms with van der Waals surface area (Å²) in [6.07, 6.45) is 4.08. The topological polar surface area (TPSA) is 64.9 Å². The van der Waals surface area contributed by atoms with Crippen LogP contribution in [0.25, 0.3) is 11.5 Å². The van der Waals surface area contributed by atoms with Gasteiger partial charge in [0.25, 0.3) is 5.89 Å². The molecule has 19 heavy (non-hydrogen) atoms. The van der Waals surface area contributed by atoms with E-state index in [1.807, 2.05) is 25.1 Å². The minimum Gasteiger partial charge on any atom is -0.334 e. The van der Waals surface area contributed by atoms with Crippen LogP contribution in [-0.2, 0) is 5.54 Å². The number of benzene rings is 1. The first kappa shape index (κ1) is 12.6. The molecule has 1 fully saturated rings. The molecule has 5 heteroatoms. The molecule has 1 saturated carbocycles. The van der Waals surface area contributed by atoms with Gasteiger partial charge in [0.2, 0.25) is 0 Å². The van der Waals surface area contributed by atoms with Gasteiger partial charge in [-0.3, -0.25) is 0 Å². The summed E-state index contributed by atoms with van der Waals surface area (Å²) in [6, 6.07) is 5.71.